The van der Waals surface area contributed by atoms with Crippen LogP contribution in [0.2, 0.25) is 0 Å². The third-order valence-corrected chi connectivity index (χ3v) is 5.85. The van der Waals surface area contributed by atoms with E-state index >= 15 is 0 Å². The van der Waals surface area contributed by atoms with E-state index in [0.29, 0.717) is 0 Å². The van der Waals surface area contributed by atoms with E-state index in [2.05, 4.69) is 10.6 Å². The van der Waals surface area contributed by atoms with Gasteiger partial charge in [-0.25, -0.2) is 9.59 Å². The van der Waals surface area contributed by atoms with E-state index in [1.807, 2.05) is 6.07 Å². The summed E-state index contributed by atoms with van der Waals surface area (Å²) in [5.41, 5.74) is 4.77. The van der Waals surface area contributed by atoms with Gasteiger partial charge in [-0.05, 0) is 18.4 Å². The van der Waals surface area contributed by atoms with Gasteiger partial charge in [0.1, 0.15) is 6.04 Å². The topological polar surface area (TPSA) is 180 Å². The highest BCUT2D eigenvalue weighted by atomic mass is 16.7. The molecule has 4 unspecified atom stereocenters. The summed E-state index contributed by atoms with van der Waals surface area (Å²) in [6.07, 6.45) is -5.36. The number of aliphatic hydroxyl groups excluding tert-OH is 2. The van der Waals surface area contributed by atoms with E-state index in [1.54, 1.807) is 38.1 Å². The van der Waals surface area contributed by atoms with Crippen molar-refractivity contribution < 1.29 is 39.2 Å². The molecule has 0 aromatic heterocycles. The van der Waals surface area contributed by atoms with Crippen molar-refractivity contribution in [3.05, 3.63) is 35.9 Å². The fourth-order valence-electron chi connectivity index (χ4n) is 4.18. The fraction of sp³-hybridized carbons (Fsp3) is 0.591. The molecule has 2 rings (SSSR count). The van der Waals surface area contributed by atoms with Gasteiger partial charge in [-0.15, -0.1) is 0 Å². The molecule has 0 spiro atoms. The van der Waals surface area contributed by atoms with E-state index in [1.165, 1.54) is 6.92 Å². The van der Waals surface area contributed by atoms with Gasteiger partial charge in [0.25, 0.3) is 0 Å². The molecule has 1 heterocycles. The highest BCUT2D eigenvalue weighted by Gasteiger charge is 2.64. The molecule has 2 amide bonds. The second-order valence-corrected chi connectivity index (χ2v) is 8.06. The Bertz CT molecular complexity index is 823. The number of aliphatic carboxylic acids is 1. The lowest BCUT2D eigenvalue weighted by atomic mass is 9.69. The van der Waals surface area contributed by atoms with Crippen LogP contribution in [-0.2, 0) is 25.6 Å². The summed E-state index contributed by atoms with van der Waals surface area (Å²) < 4.78 is 11.1. The molecule has 1 aromatic carbocycles. The number of carbonyl (C=O) groups excluding carboxylic acids is 2. The van der Waals surface area contributed by atoms with Crippen LogP contribution in [0.3, 0.4) is 0 Å². The van der Waals surface area contributed by atoms with E-state index in [9.17, 15) is 29.7 Å². The quantitative estimate of drug-likeness (QED) is 0.293. The van der Waals surface area contributed by atoms with Gasteiger partial charge in [-0.3, -0.25) is 4.79 Å². The number of ether oxygens (including phenoxy) is 2. The van der Waals surface area contributed by atoms with Crippen LogP contribution in [-0.4, -0.2) is 69.5 Å². The molecule has 11 heteroatoms. The molecule has 1 aliphatic rings. The molecule has 0 saturated carbocycles. The maximum atomic E-state index is 12.5. The summed E-state index contributed by atoms with van der Waals surface area (Å²) in [4.78, 5) is 36.7. The molecule has 0 bridgehead atoms. The lowest BCUT2D eigenvalue weighted by Gasteiger charge is -2.52. The summed E-state index contributed by atoms with van der Waals surface area (Å²) >= 11 is 0. The normalized spacial score (nSPS) is 28.9. The van der Waals surface area contributed by atoms with Crippen LogP contribution in [0.4, 0.5) is 4.79 Å². The second kappa shape index (κ2) is 11.4. The van der Waals surface area contributed by atoms with Crippen molar-refractivity contribution in [2.24, 2.45) is 11.7 Å². The average Bonchev–Trinajstić information content (AvgIpc) is 2.79. The Morgan fingerprint density at radius 3 is 2.33 bits per heavy atom. The minimum atomic E-state index is -2.37. The monoisotopic (exact) mass is 467 g/mol. The number of nitrogens with one attached hydrogen (secondary N) is 2. The second-order valence-electron chi connectivity index (χ2n) is 8.06. The van der Waals surface area contributed by atoms with Crippen LogP contribution in [0.5, 0.6) is 0 Å². The van der Waals surface area contributed by atoms with Gasteiger partial charge in [0.2, 0.25) is 17.8 Å². The van der Waals surface area contributed by atoms with Crippen LogP contribution in [0, 0.1) is 5.92 Å². The highest BCUT2D eigenvalue weighted by Crippen LogP contribution is 2.41. The zero-order valence-corrected chi connectivity index (χ0v) is 18.9. The first kappa shape index (κ1) is 26.5. The van der Waals surface area contributed by atoms with Crippen molar-refractivity contribution in [2.45, 2.75) is 76.3 Å². The van der Waals surface area contributed by atoms with Crippen LogP contribution in [0.25, 0.3) is 0 Å². The van der Waals surface area contributed by atoms with E-state index in [4.69, 9.17) is 15.2 Å². The zero-order chi connectivity index (χ0) is 24.8. The Labute approximate surface area is 192 Å². The van der Waals surface area contributed by atoms with Gasteiger partial charge >= 0.3 is 12.1 Å². The van der Waals surface area contributed by atoms with Crippen LogP contribution in [0.15, 0.2) is 30.3 Å². The van der Waals surface area contributed by atoms with Crippen molar-refractivity contribution in [1.82, 2.24) is 10.6 Å². The molecule has 7 atom stereocenters. The van der Waals surface area contributed by atoms with Gasteiger partial charge < -0.3 is 41.2 Å². The number of nitrogens with two attached hydrogens (primary N) is 1. The summed E-state index contributed by atoms with van der Waals surface area (Å²) in [6, 6.07) is 6.60. The first-order valence-electron chi connectivity index (χ1n) is 10.9. The third-order valence-electron chi connectivity index (χ3n) is 5.85. The first-order chi connectivity index (χ1) is 15.6. The number of alkyl carbamates (subject to hydrolysis) is 1. The Kier molecular flexibility index (Phi) is 9.17. The zero-order valence-electron chi connectivity index (χ0n) is 18.9. The summed E-state index contributed by atoms with van der Waals surface area (Å²) in [6.45, 7) is 4.50. The van der Waals surface area contributed by atoms with Crippen molar-refractivity contribution >= 4 is 18.0 Å². The molecule has 7 N–H and O–H groups in total. The number of carboxylic acid groups (broad SMARTS) is 1. The number of rotatable bonds is 9. The molecule has 33 heavy (non-hydrogen) atoms. The Hall–Kier alpha value is -2.73. The minimum absolute atomic E-state index is 0.0380. The molecule has 1 fully saturated rings. The number of hydrogen-bond acceptors (Lipinski definition) is 8. The summed E-state index contributed by atoms with van der Waals surface area (Å²) in [7, 11) is 0. The van der Waals surface area contributed by atoms with Crippen molar-refractivity contribution in [3.63, 3.8) is 0 Å². The summed E-state index contributed by atoms with van der Waals surface area (Å²) in [5.74, 6) is -3.40. The third kappa shape index (κ3) is 5.80. The molecule has 11 nitrogen and oxygen atoms in total. The Morgan fingerprint density at radius 1 is 1.18 bits per heavy atom. The number of hydrogen-bond donors (Lipinski definition) is 6. The molecule has 0 aliphatic carbocycles. The van der Waals surface area contributed by atoms with Crippen LogP contribution >= 0.6 is 0 Å². The van der Waals surface area contributed by atoms with Gasteiger partial charge in [-0.2, -0.15) is 0 Å². The first-order valence-corrected chi connectivity index (χ1v) is 10.9. The highest BCUT2D eigenvalue weighted by molar-refractivity contribution is 5.80. The number of benzene rings is 1. The van der Waals surface area contributed by atoms with Crippen LogP contribution < -0.4 is 16.4 Å². The van der Waals surface area contributed by atoms with E-state index in [-0.39, 0.29) is 19.4 Å². The van der Waals surface area contributed by atoms with Gasteiger partial charge in [0.05, 0.1) is 12.2 Å². The van der Waals surface area contributed by atoms with Gasteiger partial charge in [0.15, 0.2) is 0 Å². The molecule has 1 saturated heterocycles. The minimum Gasteiger partial charge on any atom is -0.479 e. The lowest BCUT2D eigenvalue weighted by molar-refractivity contribution is -0.288. The molecule has 1 aromatic rings. The number of amides is 2. The van der Waals surface area contributed by atoms with Gasteiger partial charge in [-0.1, -0.05) is 44.2 Å². The van der Waals surface area contributed by atoms with Gasteiger partial charge in [0, 0.05) is 25.4 Å². The average molecular weight is 468 g/mol. The standard InChI is InChI=1S/C22H33N3O8/c1-4-14(27)16-17(23)18(25-12(3)26)19(33-22(16,20(29)30)15(28)5-2)32-21(31)24-11-13-9-7-6-8-10-13/h6-10,14-19,27-28H,4-5,11,23H2,1-3H3,(H,24,31)(H,25,26)(H,29,30)/t14?,15?,16?,17-,18+,19-,22?/m0/s1. The SMILES string of the molecule is CCC(O)C1[C@H](N)[C@@H](NC(C)=O)[C@@H](OC(=O)NCc2ccccc2)OC1(C(=O)O)C(O)CC. The Morgan fingerprint density at radius 2 is 1.82 bits per heavy atom. The van der Waals surface area contributed by atoms with Crippen molar-refractivity contribution in [2.75, 3.05) is 0 Å². The van der Waals surface area contributed by atoms with E-state index < -0.39 is 60.1 Å². The maximum Gasteiger partial charge on any atom is 0.409 e. The summed E-state index contributed by atoms with van der Waals surface area (Å²) in [5, 5.41) is 36.5. The fourth-order valence-corrected chi connectivity index (χ4v) is 4.18. The largest absolute Gasteiger partial charge is 0.479 e. The number of aliphatic hydroxyl groups is 2. The van der Waals surface area contributed by atoms with Crippen LogP contribution in [0.1, 0.15) is 39.2 Å². The molecule has 0 radical (unpaired) electrons. The maximum absolute atomic E-state index is 12.5. The molecule has 1 aliphatic heterocycles. The molecule has 184 valence electrons. The predicted octanol–water partition coefficient (Wildman–Crippen LogP) is 0.0825. The number of carboxylic acids is 1. The Balaban J connectivity index is 2.38. The van der Waals surface area contributed by atoms with Crippen molar-refractivity contribution in [1.29, 1.82) is 0 Å². The number of carbonyl (C=O) groups is 3. The smallest absolute Gasteiger partial charge is 0.409 e. The molecular weight excluding hydrogens is 434 g/mol. The van der Waals surface area contributed by atoms with E-state index in [0.717, 1.165) is 5.56 Å². The van der Waals surface area contributed by atoms with Crippen molar-refractivity contribution in [3.8, 4) is 0 Å². The molecular formula is C22H33N3O8. The predicted molar refractivity (Wildman–Crippen MR) is 117 cm³/mol. The lowest BCUT2D eigenvalue weighted by Crippen LogP contribution is -2.76.